The highest BCUT2D eigenvalue weighted by atomic mass is 19.1. The highest BCUT2D eigenvalue weighted by Gasteiger charge is 2.37. The number of carbonyl (C=O) groups excluding carboxylic acids is 1. The van der Waals surface area contributed by atoms with Crippen LogP contribution >= 0.6 is 0 Å². The first-order chi connectivity index (χ1) is 14.1. The minimum Gasteiger partial charge on any atom is -0.444 e. The molecular formula is C20H27F2N5O3. The van der Waals surface area contributed by atoms with E-state index >= 15 is 0 Å². The van der Waals surface area contributed by atoms with Crippen LogP contribution in [-0.4, -0.2) is 74.1 Å². The Hall–Kier alpha value is -2.59. The van der Waals surface area contributed by atoms with Crippen LogP contribution in [0.15, 0.2) is 30.9 Å². The number of nitrogens with zero attached hydrogens (tertiary/aromatic N) is 5. The van der Waals surface area contributed by atoms with E-state index in [1.54, 1.807) is 4.90 Å². The van der Waals surface area contributed by atoms with Crippen molar-refractivity contribution in [2.24, 2.45) is 0 Å². The van der Waals surface area contributed by atoms with Crippen LogP contribution in [0.25, 0.3) is 0 Å². The van der Waals surface area contributed by atoms with Crippen LogP contribution in [0, 0.1) is 11.6 Å². The van der Waals surface area contributed by atoms with E-state index in [-0.39, 0.29) is 24.7 Å². The van der Waals surface area contributed by atoms with Gasteiger partial charge in [0, 0.05) is 44.4 Å². The Bertz CT molecular complexity index is 864. The molecule has 10 heteroatoms. The van der Waals surface area contributed by atoms with Gasteiger partial charge in [0.1, 0.15) is 35.5 Å². The molecule has 1 atom stereocenters. The third-order valence-electron chi connectivity index (χ3n) is 4.83. The highest BCUT2D eigenvalue weighted by Crippen LogP contribution is 2.28. The van der Waals surface area contributed by atoms with Crippen LogP contribution in [0.2, 0.25) is 0 Å². The standard InChI is InChI=1S/C20H27F2N5O3/c1-19(2,3)30-18(28)26-8-6-25(7-9-26)11-20(29,12-27-14-23-13-24-27)16-5-4-15(21)10-17(16)22/h4-5,10,13-14,29H,6-9,11-12H2,1-3H3. The lowest BCUT2D eigenvalue weighted by Gasteiger charge is -2.39. The molecule has 30 heavy (non-hydrogen) atoms. The van der Waals surface area contributed by atoms with E-state index in [0.717, 1.165) is 12.1 Å². The summed E-state index contributed by atoms with van der Waals surface area (Å²) >= 11 is 0. The van der Waals surface area contributed by atoms with Crippen molar-refractivity contribution in [1.82, 2.24) is 24.6 Å². The van der Waals surface area contributed by atoms with Crippen LogP contribution in [0.1, 0.15) is 26.3 Å². The number of aliphatic hydroxyl groups is 1. The monoisotopic (exact) mass is 423 g/mol. The number of piperazine rings is 1. The topological polar surface area (TPSA) is 83.7 Å². The molecule has 1 aromatic carbocycles. The van der Waals surface area contributed by atoms with Gasteiger partial charge in [0.15, 0.2) is 0 Å². The average Bonchev–Trinajstić information content (AvgIpc) is 3.13. The molecule has 0 aliphatic carbocycles. The van der Waals surface area contributed by atoms with Gasteiger partial charge in [0.2, 0.25) is 0 Å². The summed E-state index contributed by atoms with van der Waals surface area (Å²) in [6.45, 7) is 7.23. The molecule has 1 N–H and O–H groups in total. The minimum absolute atomic E-state index is 0.0195. The van der Waals surface area contributed by atoms with Crippen LogP contribution in [0.4, 0.5) is 13.6 Å². The lowest BCUT2D eigenvalue weighted by Crippen LogP contribution is -2.54. The van der Waals surface area contributed by atoms with Crippen LogP contribution < -0.4 is 0 Å². The van der Waals surface area contributed by atoms with Gasteiger partial charge in [0.25, 0.3) is 0 Å². The van der Waals surface area contributed by atoms with Crippen molar-refractivity contribution in [3.8, 4) is 0 Å². The summed E-state index contributed by atoms with van der Waals surface area (Å²) in [4.78, 5) is 19.6. The fraction of sp³-hybridized carbons (Fsp3) is 0.550. The summed E-state index contributed by atoms with van der Waals surface area (Å²) in [5.41, 5.74) is -2.26. The smallest absolute Gasteiger partial charge is 0.410 e. The van der Waals surface area contributed by atoms with Crippen molar-refractivity contribution in [2.75, 3.05) is 32.7 Å². The average molecular weight is 423 g/mol. The second kappa shape index (κ2) is 8.65. The quantitative estimate of drug-likeness (QED) is 0.792. The normalized spacial score (nSPS) is 17.6. The first-order valence-electron chi connectivity index (χ1n) is 9.76. The van der Waals surface area contributed by atoms with Gasteiger partial charge < -0.3 is 14.7 Å². The van der Waals surface area contributed by atoms with Crippen LogP contribution in [0.3, 0.4) is 0 Å². The van der Waals surface area contributed by atoms with Gasteiger partial charge in [-0.15, -0.1) is 0 Å². The molecular weight excluding hydrogens is 396 g/mol. The largest absolute Gasteiger partial charge is 0.444 e. The zero-order valence-corrected chi connectivity index (χ0v) is 17.4. The van der Waals surface area contributed by atoms with Gasteiger partial charge >= 0.3 is 6.09 Å². The summed E-state index contributed by atoms with van der Waals surface area (Å²) in [7, 11) is 0. The Morgan fingerprint density at radius 3 is 2.43 bits per heavy atom. The number of ether oxygens (including phenoxy) is 1. The van der Waals surface area contributed by atoms with Gasteiger partial charge in [-0.1, -0.05) is 6.07 Å². The maximum absolute atomic E-state index is 14.5. The van der Waals surface area contributed by atoms with E-state index in [0.29, 0.717) is 26.2 Å². The van der Waals surface area contributed by atoms with Crippen molar-refractivity contribution >= 4 is 6.09 Å². The van der Waals surface area contributed by atoms with Crippen molar-refractivity contribution < 1.29 is 23.4 Å². The molecule has 1 aromatic heterocycles. The predicted octanol–water partition coefficient (Wildman–Crippen LogP) is 2.00. The first-order valence-corrected chi connectivity index (χ1v) is 9.76. The molecule has 1 fully saturated rings. The molecule has 1 unspecified atom stereocenters. The Labute approximate surface area is 174 Å². The number of carbonyl (C=O) groups is 1. The molecule has 2 aromatic rings. The number of halogens is 2. The van der Waals surface area contributed by atoms with Crippen LogP contribution in [0.5, 0.6) is 0 Å². The van der Waals surface area contributed by atoms with Crippen molar-refractivity contribution in [2.45, 2.75) is 38.5 Å². The van der Waals surface area contributed by atoms with E-state index in [9.17, 15) is 18.7 Å². The molecule has 8 nitrogen and oxygen atoms in total. The zero-order chi connectivity index (χ0) is 21.9. The van der Waals surface area contributed by atoms with Crippen molar-refractivity contribution in [1.29, 1.82) is 0 Å². The van der Waals surface area contributed by atoms with E-state index < -0.39 is 22.8 Å². The van der Waals surface area contributed by atoms with Gasteiger partial charge in [-0.25, -0.2) is 23.2 Å². The Morgan fingerprint density at radius 1 is 1.17 bits per heavy atom. The second-order valence-corrected chi connectivity index (χ2v) is 8.49. The Morgan fingerprint density at radius 2 is 1.87 bits per heavy atom. The van der Waals surface area contributed by atoms with Crippen molar-refractivity contribution in [3.63, 3.8) is 0 Å². The number of amides is 1. The molecule has 3 rings (SSSR count). The summed E-state index contributed by atoms with van der Waals surface area (Å²) < 4.78 is 34.7. The number of hydrogen-bond donors (Lipinski definition) is 1. The number of aromatic nitrogens is 3. The molecule has 1 saturated heterocycles. The number of benzene rings is 1. The van der Waals surface area contributed by atoms with E-state index in [4.69, 9.17) is 4.74 Å². The van der Waals surface area contributed by atoms with E-state index in [1.165, 1.54) is 23.4 Å². The molecule has 2 heterocycles. The number of β-amino-alcohol motifs (C(OH)–C–C–N with tert-alkyl or cyclic N) is 1. The molecule has 1 aliphatic rings. The number of rotatable bonds is 5. The fourth-order valence-corrected chi connectivity index (χ4v) is 3.45. The first kappa shape index (κ1) is 22.1. The Kier molecular flexibility index (Phi) is 6.37. The fourth-order valence-electron chi connectivity index (χ4n) is 3.45. The lowest BCUT2D eigenvalue weighted by atomic mass is 9.92. The molecule has 164 valence electrons. The molecule has 0 saturated carbocycles. The third kappa shape index (κ3) is 5.51. The zero-order valence-electron chi connectivity index (χ0n) is 17.4. The summed E-state index contributed by atoms with van der Waals surface area (Å²) in [5.74, 6) is -1.55. The minimum atomic E-state index is -1.67. The lowest BCUT2D eigenvalue weighted by molar-refractivity contribution is -0.0348. The second-order valence-electron chi connectivity index (χ2n) is 8.49. The Balaban J connectivity index is 1.72. The molecule has 1 amide bonds. The number of hydrogen-bond acceptors (Lipinski definition) is 6. The van der Waals surface area contributed by atoms with Gasteiger partial charge in [-0.3, -0.25) is 4.90 Å². The third-order valence-corrected chi connectivity index (χ3v) is 4.83. The van der Waals surface area contributed by atoms with Crippen molar-refractivity contribution in [3.05, 3.63) is 48.1 Å². The SMILES string of the molecule is CC(C)(C)OC(=O)N1CCN(CC(O)(Cn2cncn2)c2ccc(F)cc2F)CC1. The molecule has 0 radical (unpaired) electrons. The molecule has 0 bridgehead atoms. The summed E-state index contributed by atoms with van der Waals surface area (Å²) in [5, 5.41) is 15.4. The maximum Gasteiger partial charge on any atom is 0.410 e. The van der Waals surface area contributed by atoms with Gasteiger partial charge in [0.05, 0.1) is 6.54 Å². The molecule has 1 aliphatic heterocycles. The van der Waals surface area contributed by atoms with Gasteiger partial charge in [-0.05, 0) is 26.8 Å². The maximum atomic E-state index is 14.5. The highest BCUT2D eigenvalue weighted by molar-refractivity contribution is 5.68. The molecule has 0 spiro atoms. The summed E-state index contributed by atoms with van der Waals surface area (Å²) in [6.07, 6.45) is 2.36. The van der Waals surface area contributed by atoms with Gasteiger partial charge in [-0.2, -0.15) is 5.10 Å². The van der Waals surface area contributed by atoms with E-state index in [1.807, 2.05) is 25.7 Å². The predicted molar refractivity (Wildman–Crippen MR) is 105 cm³/mol. The van der Waals surface area contributed by atoms with E-state index in [2.05, 4.69) is 10.1 Å². The summed E-state index contributed by atoms with van der Waals surface area (Å²) in [6, 6.07) is 3.12. The van der Waals surface area contributed by atoms with Crippen LogP contribution in [-0.2, 0) is 16.9 Å².